The molecule has 0 heterocycles. The van der Waals surface area contributed by atoms with Gasteiger partial charge in [0.25, 0.3) is 0 Å². The van der Waals surface area contributed by atoms with Crippen LogP contribution in [0.1, 0.15) is 26.7 Å². The monoisotopic (exact) mass is 396 g/mol. The van der Waals surface area contributed by atoms with E-state index in [1.165, 1.54) is 0 Å². The van der Waals surface area contributed by atoms with Crippen molar-refractivity contribution in [1.82, 2.24) is 5.32 Å². The second kappa shape index (κ2) is 8.06. The fraction of sp³-hybridized carbons (Fsp3) is 0.538. The number of hydrogen-bond donors (Lipinski definition) is 2. The van der Waals surface area contributed by atoms with Crippen LogP contribution in [0.3, 0.4) is 0 Å². The van der Waals surface area contributed by atoms with E-state index in [0.717, 1.165) is 16.5 Å². The van der Waals surface area contributed by atoms with E-state index >= 15 is 0 Å². The molecule has 0 aliphatic carbocycles. The lowest BCUT2D eigenvalue weighted by molar-refractivity contribution is 0.561. The Balaban J connectivity index is 2.36. The molecule has 6 heteroatoms. The number of benzene rings is 1. The van der Waals surface area contributed by atoms with Crippen LogP contribution in [-0.2, 0) is 10.0 Å². The molecule has 0 aliphatic heterocycles. The zero-order valence-electron chi connectivity index (χ0n) is 11.3. The molecular formula is C13H21IN2O2S. The third-order valence-corrected chi connectivity index (χ3v) is 4.53. The number of rotatable bonds is 8. The third-order valence-electron chi connectivity index (χ3n) is 2.49. The van der Waals surface area contributed by atoms with Crippen molar-refractivity contribution in [3.8, 4) is 0 Å². The smallest absolute Gasteiger partial charge is 0.232 e. The van der Waals surface area contributed by atoms with Gasteiger partial charge in [-0.05, 0) is 60.2 Å². The molecule has 0 spiro atoms. The van der Waals surface area contributed by atoms with Crippen molar-refractivity contribution in [2.75, 3.05) is 17.0 Å². The maximum atomic E-state index is 11.9. The Morgan fingerprint density at radius 1 is 1.26 bits per heavy atom. The summed E-state index contributed by atoms with van der Waals surface area (Å²) in [5, 5.41) is 3.27. The van der Waals surface area contributed by atoms with E-state index in [2.05, 4.69) is 46.5 Å². The van der Waals surface area contributed by atoms with Crippen LogP contribution in [0.5, 0.6) is 0 Å². The third kappa shape index (κ3) is 7.74. The van der Waals surface area contributed by atoms with Crippen molar-refractivity contribution in [3.63, 3.8) is 0 Å². The minimum Gasteiger partial charge on any atom is -0.315 e. The molecular weight excluding hydrogens is 375 g/mol. The fourth-order valence-corrected chi connectivity index (χ4v) is 3.31. The van der Waals surface area contributed by atoms with E-state index in [1.807, 2.05) is 18.2 Å². The molecule has 0 atom stereocenters. The van der Waals surface area contributed by atoms with Crippen molar-refractivity contribution in [2.24, 2.45) is 0 Å². The maximum absolute atomic E-state index is 11.9. The van der Waals surface area contributed by atoms with Gasteiger partial charge in [-0.2, -0.15) is 0 Å². The largest absolute Gasteiger partial charge is 0.315 e. The Morgan fingerprint density at radius 2 is 2.00 bits per heavy atom. The van der Waals surface area contributed by atoms with Crippen LogP contribution in [0.25, 0.3) is 0 Å². The fourth-order valence-electron chi connectivity index (χ4n) is 1.59. The molecule has 19 heavy (non-hydrogen) atoms. The van der Waals surface area contributed by atoms with Crippen LogP contribution in [0, 0.1) is 3.57 Å². The average molecular weight is 396 g/mol. The molecule has 1 aromatic rings. The molecule has 0 aliphatic rings. The molecule has 1 rings (SSSR count). The highest BCUT2D eigenvalue weighted by Gasteiger charge is 2.10. The predicted octanol–water partition coefficient (Wildman–Crippen LogP) is 2.81. The molecule has 4 nitrogen and oxygen atoms in total. The second-order valence-electron chi connectivity index (χ2n) is 4.75. The summed E-state index contributed by atoms with van der Waals surface area (Å²) < 4.78 is 27.4. The molecule has 1 aromatic carbocycles. The first-order valence-electron chi connectivity index (χ1n) is 6.38. The Kier molecular flexibility index (Phi) is 7.09. The van der Waals surface area contributed by atoms with Gasteiger partial charge in [-0.15, -0.1) is 0 Å². The van der Waals surface area contributed by atoms with Gasteiger partial charge >= 0.3 is 0 Å². The predicted molar refractivity (Wildman–Crippen MR) is 88.9 cm³/mol. The summed E-state index contributed by atoms with van der Waals surface area (Å²) in [6, 6.07) is 7.79. The summed E-state index contributed by atoms with van der Waals surface area (Å²) in [5.41, 5.74) is 0.632. The van der Waals surface area contributed by atoms with E-state index < -0.39 is 10.0 Å². The summed E-state index contributed by atoms with van der Waals surface area (Å²) in [7, 11) is -3.23. The summed E-state index contributed by atoms with van der Waals surface area (Å²) in [5.74, 6) is 0.165. The molecule has 0 unspecified atom stereocenters. The normalized spacial score (nSPS) is 11.8. The lowest BCUT2D eigenvalue weighted by Gasteiger charge is -2.09. The average Bonchev–Trinajstić information content (AvgIpc) is 2.27. The molecule has 0 saturated heterocycles. The van der Waals surface area contributed by atoms with Crippen LogP contribution >= 0.6 is 22.6 Å². The summed E-state index contributed by atoms with van der Waals surface area (Å²) in [6.45, 7) is 5.01. The standard InChI is InChI=1S/C13H21IN2O2S/c1-11(2)15-8-3-4-9-19(17,18)16-13-7-5-6-12(14)10-13/h5-7,10-11,15-16H,3-4,8-9H2,1-2H3. The minimum atomic E-state index is -3.23. The van der Waals surface area contributed by atoms with E-state index in [-0.39, 0.29) is 5.75 Å². The SMILES string of the molecule is CC(C)NCCCCS(=O)(=O)Nc1cccc(I)c1. The van der Waals surface area contributed by atoms with E-state index in [4.69, 9.17) is 0 Å². The number of halogens is 1. The highest BCUT2D eigenvalue weighted by molar-refractivity contribution is 14.1. The van der Waals surface area contributed by atoms with Crippen LogP contribution in [0.2, 0.25) is 0 Å². The van der Waals surface area contributed by atoms with Crippen molar-refractivity contribution in [1.29, 1.82) is 0 Å². The number of anilines is 1. The van der Waals surface area contributed by atoms with Gasteiger partial charge < -0.3 is 5.32 Å². The molecule has 0 fully saturated rings. The molecule has 0 aromatic heterocycles. The topological polar surface area (TPSA) is 58.2 Å². The Bertz CT molecular complexity index is 489. The van der Waals surface area contributed by atoms with Gasteiger partial charge in [0.05, 0.1) is 5.75 Å². The van der Waals surface area contributed by atoms with E-state index in [9.17, 15) is 8.42 Å². The highest BCUT2D eigenvalue weighted by atomic mass is 127. The van der Waals surface area contributed by atoms with Gasteiger partial charge in [0.15, 0.2) is 0 Å². The minimum absolute atomic E-state index is 0.165. The van der Waals surface area contributed by atoms with Crippen LogP contribution in [-0.4, -0.2) is 26.8 Å². The van der Waals surface area contributed by atoms with E-state index in [1.54, 1.807) is 6.07 Å². The Morgan fingerprint density at radius 3 is 2.63 bits per heavy atom. The van der Waals surface area contributed by atoms with Gasteiger partial charge in [0.1, 0.15) is 0 Å². The zero-order valence-corrected chi connectivity index (χ0v) is 14.3. The number of hydrogen-bond acceptors (Lipinski definition) is 3. The first-order chi connectivity index (χ1) is 8.89. The highest BCUT2D eigenvalue weighted by Crippen LogP contribution is 2.14. The molecule has 0 saturated carbocycles. The molecule has 2 N–H and O–H groups in total. The first-order valence-corrected chi connectivity index (χ1v) is 9.11. The molecule has 108 valence electrons. The van der Waals surface area contributed by atoms with Crippen LogP contribution in [0.15, 0.2) is 24.3 Å². The van der Waals surface area contributed by atoms with Crippen LogP contribution < -0.4 is 10.0 Å². The van der Waals surface area contributed by atoms with Gasteiger partial charge in [-0.3, -0.25) is 4.72 Å². The molecule has 0 bridgehead atoms. The van der Waals surface area contributed by atoms with Gasteiger partial charge in [-0.25, -0.2) is 8.42 Å². The van der Waals surface area contributed by atoms with Gasteiger partial charge in [0, 0.05) is 15.3 Å². The summed E-state index contributed by atoms with van der Waals surface area (Å²) in [6.07, 6.45) is 1.53. The summed E-state index contributed by atoms with van der Waals surface area (Å²) >= 11 is 2.16. The lowest BCUT2D eigenvalue weighted by atomic mass is 10.3. The number of unbranched alkanes of at least 4 members (excludes halogenated alkanes) is 1. The van der Waals surface area contributed by atoms with Gasteiger partial charge in [-0.1, -0.05) is 19.9 Å². The number of nitrogens with one attached hydrogen (secondary N) is 2. The van der Waals surface area contributed by atoms with Crippen molar-refractivity contribution < 1.29 is 8.42 Å². The first kappa shape index (κ1) is 16.7. The molecule has 0 radical (unpaired) electrons. The lowest BCUT2D eigenvalue weighted by Crippen LogP contribution is -2.24. The van der Waals surface area contributed by atoms with Crippen LogP contribution in [0.4, 0.5) is 5.69 Å². The Hall–Kier alpha value is -0.340. The Labute approximate surface area is 129 Å². The molecule has 0 amide bonds. The van der Waals surface area contributed by atoms with E-state index in [0.29, 0.717) is 18.2 Å². The second-order valence-corrected chi connectivity index (χ2v) is 7.83. The quantitative estimate of drug-likeness (QED) is 0.525. The zero-order chi connectivity index (χ0) is 14.3. The van der Waals surface area contributed by atoms with Crippen molar-refractivity contribution in [2.45, 2.75) is 32.7 Å². The van der Waals surface area contributed by atoms with Crippen molar-refractivity contribution in [3.05, 3.63) is 27.8 Å². The van der Waals surface area contributed by atoms with Gasteiger partial charge in [0.2, 0.25) is 10.0 Å². The van der Waals surface area contributed by atoms with Crippen molar-refractivity contribution >= 4 is 38.3 Å². The summed E-state index contributed by atoms with van der Waals surface area (Å²) in [4.78, 5) is 0. The maximum Gasteiger partial charge on any atom is 0.232 e. The number of sulfonamides is 1.